The minimum atomic E-state index is -0.496. The number of amides is 1. The van der Waals surface area contributed by atoms with E-state index in [0.717, 1.165) is 0 Å². The van der Waals surface area contributed by atoms with E-state index in [1.165, 1.54) is 24.4 Å². The highest BCUT2D eigenvalue weighted by molar-refractivity contribution is 6.01. The number of carbonyl (C=O) groups excluding carboxylic acids is 1. The lowest BCUT2D eigenvalue weighted by molar-refractivity contribution is -0.385. The lowest BCUT2D eigenvalue weighted by atomic mass is 10.1. The fourth-order valence-corrected chi connectivity index (χ4v) is 1.45. The van der Waals surface area contributed by atoms with Crippen molar-refractivity contribution in [1.29, 1.82) is 0 Å². The summed E-state index contributed by atoms with van der Waals surface area (Å²) >= 11 is 0. The van der Waals surface area contributed by atoms with Gasteiger partial charge in [-0.15, -0.1) is 0 Å². The molecular formula is C12H10N4O3. The number of H-pyrrole nitrogens is 1. The third-order valence-corrected chi connectivity index (χ3v) is 2.29. The number of hydrogen-bond donors (Lipinski definition) is 2. The van der Waals surface area contributed by atoms with Gasteiger partial charge in [-0.2, -0.15) is 0 Å². The van der Waals surface area contributed by atoms with Crippen molar-refractivity contribution in [2.24, 2.45) is 0 Å². The van der Waals surface area contributed by atoms with Crippen LogP contribution in [0.25, 0.3) is 6.08 Å². The van der Waals surface area contributed by atoms with Crippen LogP contribution in [0.2, 0.25) is 0 Å². The summed E-state index contributed by atoms with van der Waals surface area (Å²) in [5.74, 6) is -0.106. The van der Waals surface area contributed by atoms with Crippen LogP contribution < -0.4 is 5.32 Å². The lowest BCUT2D eigenvalue weighted by Gasteiger charge is -1.97. The molecule has 0 saturated carbocycles. The quantitative estimate of drug-likeness (QED) is 0.497. The van der Waals surface area contributed by atoms with E-state index >= 15 is 0 Å². The summed E-state index contributed by atoms with van der Waals surface area (Å²) in [4.78, 5) is 28.4. The molecule has 1 aromatic heterocycles. The minimum Gasteiger partial charge on any atom is -0.331 e. The van der Waals surface area contributed by atoms with E-state index in [1.807, 2.05) is 0 Å². The minimum absolute atomic E-state index is 0.0513. The Morgan fingerprint density at radius 3 is 2.89 bits per heavy atom. The molecule has 0 radical (unpaired) electrons. The lowest BCUT2D eigenvalue weighted by Crippen LogP contribution is -2.08. The van der Waals surface area contributed by atoms with Crippen molar-refractivity contribution in [1.82, 2.24) is 9.97 Å². The van der Waals surface area contributed by atoms with Crippen molar-refractivity contribution < 1.29 is 9.72 Å². The van der Waals surface area contributed by atoms with Crippen LogP contribution in [-0.2, 0) is 4.79 Å². The molecule has 19 heavy (non-hydrogen) atoms. The number of hydrogen-bond acceptors (Lipinski definition) is 4. The fraction of sp³-hybridized carbons (Fsp3) is 0. The summed E-state index contributed by atoms with van der Waals surface area (Å²) in [5, 5.41) is 13.3. The summed E-state index contributed by atoms with van der Waals surface area (Å²) in [6, 6.07) is 6.18. The van der Waals surface area contributed by atoms with Gasteiger partial charge in [-0.3, -0.25) is 20.2 Å². The second-order valence-electron chi connectivity index (χ2n) is 3.58. The van der Waals surface area contributed by atoms with Gasteiger partial charge in [0.25, 0.3) is 11.6 Å². The van der Waals surface area contributed by atoms with E-state index < -0.39 is 10.8 Å². The average Bonchev–Trinajstić information content (AvgIpc) is 2.89. The molecule has 1 amide bonds. The maximum Gasteiger partial charge on any atom is 0.276 e. The average molecular weight is 258 g/mol. The number of nitro benzene ring substituents is 1. The molecule has 96 valence electrons. The zero-order valence-corrected chi connectivity index (χ0v) is 9.74. The number of benzene rings is 1. The van der Waals surface area contributed by atoms with Crippen LogP contribution in [0.3, 0.4) is 0 Å². The molecule has 0 bridgehead atoms. The molecule has 1 heterocycles. The van der Waals surface area contributed by atoms with Gasteiger partial charge >= 0.3 is 0 Å². The molecule has 0 saturated heterocycles. The summed E-state index contributed by atoms with van der Waals surface area (Å²) in [6.45, 7) is 0. The number of aromatic nitrogens is 2. The first-order chi connectivity index (χ1) is 9.16. The number of nitro groups is 1. The third kappa shape index (κ3) is 3.25. The van der Waals surface area contributed by atoms with Crippen LogP contribution in [0.1, 0.15) is 5.56 Å². The highest BCUT2D eigenvalue weighted by atomic mass is 16.6. The van der Waals surface area contributed by atoms with Gasteiger partial charge < -0.3 is 4.98 Å². The van der Waals surface area contributed by atoms with Crippen LogP contribution in [0.5, 0.6) is 0 Å². The van der Waals surface area contributed by atoms with Crippen molar-refractivity contribution in [3.63, 3.8) is 0 Å². The molecule has 7 nitrogen and oxygen atoms in total. The first-order valence-electron chi connectivity index (χ1n) is 5.38. The number of nitrogens with one attached hydrogen (secondary N) is 2. The van der Waals surface area contributed by atoms with E-state index in [-0.39, 0.29) is 5.69 Å². The monoisotopic (exact) mass is 258 g/mol. The van der Waals surface area contributed by atoms with E-state index in [1.54, 1.807) is 24.4 Å². The third-order valence-electron chi connectivity index (χ3n) is 2.29. The first-order valence-corrected chi connectivity index (χ1v) is 5.38. The second kappa shape index (κ2) is 5.58. The first kappa shape index (κ1) is 12.5. The summed E-state index contributed by atoms with van der Waals surface area (Å²) in [7, 11) is 0. The van der Waals surface area contributed by atoms with Crippen molar-refractivity contribution in [3.05, 3.63) is 58.4 Å². The summed E-state index contributed by atoms with van der Waals surface area (Å²) < 4.78 is 0. The van der Waals surface area contributed by atoms with E-state index in [0.29, 0.717) is 11.5 Å². The topological polar surface area (TPSA) is 101 Å². The standard InChI is InChI=1S/C12H10N4O3/c17-11(15-12-13-7-8-14-12)6-5-9-3-1-2-4-10(9)16(18)19/h1-8H,(H2,13,14,15,17). The van der Waals surface area contributed by atoms with Gasteiger partial charge in [0.1, 0.15) is 0 Å². The molecule has 0 aliphatic rings. The molecule has 1 aromatic carbocycles. The molecule has 2 rings (SSSR count). The highest BCUT2D eigenvalue weighted by Crippen LogP contribution is 2.18. The van der Waals surface area contributed by atoms with Crippen molar-refractivity contribution in [3.8, 4) is 0 Å². The van der Waals surface area contributed by atoms with E-state index in [2.05, 4.69) is 15.3 Å². The van der Waals surface area contributed by atoms with Crippen LogP contribution in [0, 0.1) is 10.1 Å². The number of para-hydroxylation sites is 1. The van der Waals surface area contributed by atoms with Gasteiger partial charge in [0, 0.05) is 24.5 Å². The molecule has 0 aliphatic carbocycles. The second-order valence-corrected chi connectivity index (χ2v) is 3.58. The SMILES string of the molecule is O=C(C=Cc1ccccc1[N+](=O)[O-])Nc1ncc[nH]1. The Labute approximate surface area is 108 Å². The summed E-state index contributed by atoms with van der Waals surface area (Å²) in [5.41, 5.74) is 0.312. The fourth-order valence-electron chi connectivity index (χ4n) is 1.45. The predicted molar refractivity (Wildman–Crippen MR) is 69.3 cm³/mol. The molecule has 2 N–H and O–H groups in total. The molecule has 0 fully saturated rings. The van der Waals surface area contributed by atoms with Crippen LogP contribution in [0.4, 0.5) is 11.6 Å². The Balaban J connectivity index is 2.10. The Morgan fingerprint density at radius 1 is 1.42 bits per heavy atom. The highest BCUT2D eigenvalue weighted by Gasteiger charge is 2.09. The number of aromatic amines is 1. The van der Waals surface area contributed by atoms with Crippen LogP contribution in [0.15, 0.2) is 42.7 Å². The Morgan fingerprint density at radius 2 is 2.21 bits per heavy atom. The maximum absolute atomic E-state index is 11.5. The van der Waals surface area contributed by atoms with Gasteiger partial charge in [0.2, 0.25) is 5.95 Å². The van der Waals surface area contributed by atoms with Crippen LogP contribution >= 0.6 is 0 Å². The zero-order chi connectivity index (χ0) is 13.7. The smallest absolute Gasteiger partial charge is 0.276 e. The van der Waals surface area contributed by atoms with Gasteiger partial charge in [-0.25, -0.2) is 4.98 Å². The van der Waals surface area contributed by atoms with Crippen molar-refractivity contribution in [2.75, 3.05) is 5.32 Å². The van der Waals surface area contributed by atoms with Crippen molar-refractivity contribution in [2.45, 2.75) is 0 Å². The molecule has 0 spiro atoms. The number of anilines is 1. The van der Waals surface area contributed by atoms with Gasteiger partial charge in [0.05, 0.1) is 10.5 Å². The molecule has 0 aliphatic heterocycles. The molecule has 7 heteroatoms. The molecule has 2 aromatic rings. The Bertz CT molecular complexity index is 620. The van der Waals surface area contributed by atoms with Gasteiger partial charge in [0.15, 0.2) is 0 Å². The molecular weight excluding hydrogens is 248 g/mol. The largest absolute Gasteiger partial charge is 0.331 e. The molecule has 0 atom stereocenters. The number of nitrogens with zero attached hydrogens (tertiary/aromatic N) is 2. The van der Waals surface area contributed by atoms with E-state index in [4.69, 9.17) is 0 Å². The normalized spacial score (nSPS) is 10.5. The summed E-state index contributed by atoms with van der Waals surface area (Å²) in [6.07, 6.45) is 5.67. The van der Waals surface area contributed by atoms with Gasteiger partial charge in [-0.05, 0) is 12.1 Å². The number of imidazole rings is 1. The maximum atomic E-state index is 11.5. The Hall–Kier alpha value is -2.96. The predicted octanol–water partition coefficient (Wildman–Crippen LogP) is 1.97. The van der Waals surface area contributed by atoms with Crippen LogP contribution in [-0.4, -0.2) is 20.8 Å². The van der Waals surface area contributed by atoms with Gasteiger partial charge in [-0.1, -0.05) is 12.1 Å². The number of rotatable bonds is 4. The number of carbonyl (C=O) groups is 1. The zero-order valence-electron chi connectivity index (χ0n) is 9.74. The Kier molecular flexibility index (Phi) is 3.67. The molecule has 0 unspecified atom stereocenters. The van der Waals surface area contributed by atoms with E-state index in [9.17, 15) is 14.9 Å². The van der Waals surface area contributed by atoms with Crippen molar-refractivity contribution >= 4 is 23.6 Å².